The van der Waals surface area contributed by atoms with Crippen molar-refractivity contribution in [2.75, 3.05) is 13.2 Å². The summed E-state index contributed by atoms with van der Waals surface area (Å²) in [7, 11) is 0. The molecule has 2 N–H and O–H groups in total. The molecule has 6 heteroatoms. The predicted molar refractivity (Wildman–Crippen MR) is 54.7 cm³/mol. The molecule has 0 bridgehead atoms. The third-order valence-electron chi connectivity index (χ3n) is 2.19. The lowest BCUT2D eigenvalue weighted by Crippen LogP contribution is -2.15. The molecule has 0 aliphatic carbocycles. The second-order valence-corrected chi connectivity index (χ2v) is 3.53. The van der Waals surface area contributed by atoms with Gasteiger partial charge in [-0.15, -0.1) is 0 Å². The largest absolute Gasteiger partial charge is 0.375 e. The van der Waals surface area contributed by atoms with Crippen LogP contribution in [0.25, 0.3) is 0 Å². The molecule has 1 unspecified atom stereocenters. The van der Waals surface area contributed by atoms with E-state index in [-0.39, 0.29) is 13.0 Å². The van der Waals surface area contributed by atoms with Crippen LogP contribution >= 0.6 is 0 Å². The molecule has 1 aromatic rings. The van der Waals surface area contributed by atoms with Crippen LogP contribution in [0.1, 0.15) is 18.0 Å². The molecule has 0 fully saturated rings. The van der Waals surface area contributed by atoms with Crippen LogP contribution in [0.3, 0.4) is 0 Å². The van der Waals surface area contributed by atoms with Gasteiger partial charge < -0.3 is 10.5 Å². The fourth-order valence-electron chi connectivity index (χ4n) is 1.29. The molecule has 1 rings (SSSR count). The van der Waals surface area contributed by atoms with E-state index in [4.69, 9.17) is 5.73 Å². The zero-order valence-corrected chi connectivity index (χ0v) is 9.01. The van der Waals surface area contributed by atoms with Crippen LogP contribution in [-0.2, 0) is 4.74 Å². The van der Waals surface area contributed by atoms with Crippen molar-refractivity contribution in [2.45, 2.75) is 18.9 Å². The first kappa shape index (κ1) is 13.9. The van der Waals surface area contributed by atoms with Crippen LogP contribution in [0.2, 0.25) is 0 Å². The number of alkyl halides is 2. The minimum atomic E-state index is -2.52. The third kappa shape index (κ3) is 4.70. The number of ether oxygens (including phenoxy) is 1. The lowest BCUT2D eigenvalue weighted by atomic mass is 10.1. The van der Waals surface area contributed by atoms with Crippen molar-refractivity contribution < 1.29 is 22.3 Å². The molecule has 0 amide bonds. The molecule has 1 aromatic carbocycles. The summed E-state index contributed by atoms with van der Waals surface area (Å²) in [6.07, 6.45) is -2.26. The fourth-order valence-corrected chi connectivity index (χ4v) is 1.29. The summed E-state index contributed by atoms with van der Waals surface area (Å²) >= 11 is 0. The summed E-state index contributed by atoms with van der Waals surface area (Å²) in [6, 6.07) is 2.76. The lowest BCUT2D eigenvalue weighted by Gasteiger charge is -2.12. The van der Waals surface area contributed by atoms with E-state index in [2.05, 4.69) is 4.74 Å². The van der Waals surface area contributed by atoms with Gasteiger partial charge in [0, 0.05) is 12.6 Å². The average Bonchev–Trinajstić information content (AvgIpc) is 2.27. The van der Waals surface area contributed by atoms with Crippen molar-refractivity contribution in [3.63, 3.8) is 0 Å². The third-order valence-corrected chi connectivity index (χ3v) is 2.19. The Bertz CT molecular complexity index is 359. The first-order valence-electron chi connectivity index (χ1n) is 5.07. The highest BCUT2D eigenvalue weighted by molar-refractivity contribution is 5.20. The van der Waals surface area contributed by atoms with E-state index in [1.54, 1.807) is 0 Å². The molecule has 0 heterocycles. The average molecular weight is 251 g/mol. The highest BCUT2D eigenvalue weighted by Gasteiger charge is 2.10. The van der Waals surface area contributed by atoms with Crippen LogP contribution in [0.15, 0.2) is 18.2 Å². The minimum Gasteiger partial charge on any atom is -0.375 e. The Hall–Kier alpha value is -1.14. The standard InChI is InChI=1S/C11H13F4NO/c12-8-2-1-7(5-9(8)13)10(16)3-4-17-6-11(14)15/h1-2,5,10-11H,3-4,6,16H2. The predicted octanol–water partition coefficient (Wildman–Crippen LogP) is 2.64. The Balaban J connectivity index is 2.41. The van der Waals surface area contributed by atoms with Crippen molar-refractivity contribution in [1.29, 1.82) is 0 Å². The fraction of sp³-hybridized carbons (Fsp3) is 0.455. The number of hydrogen-bond donors (Lipinski definition) is 1. The Morgan fingerprint density at radius 3 is 2.47 bits per heavy atom. The smallest absolute Gasteiger partial charge is 0.261 e. The maximum Gasteiger partial charge on any atom is 0.261 e. The maximum atomic E-state index is 12.9. The number of benzene rings is 1. The highest BCUT2D eigenvalue weighted by atomic mass is 19.3. The number of hydrogen-bond acceptors (Lipinski definition) is 2. The summed E-state index contributed by atoms with van der Waals surface area (Å²) < 4.78 is 53.6. The minimum absolute atomic E-state index is 0.0461. The van der Waals surface area contributed by atoms with Crippen LogP contribution in [-0.4, -0.2) is 19.6 Å². The Labute approximate surface area is 96.4 Å². The molecule has 0 saturated heterocycles. The molecule has 96 valence electrons. The molecule has 17 heavy (non-hydrogen) atoms. The molecule has 0 saturated carbocycles. The van der Waals surface area contributed by atoms with Crippen LogP contribution in [0, 0.1) is 11.6 Å². The van der Waals surface area contributed by atoms with E-state index in [9.17, 15) is 17.6 Å². The molecule has 0 aromatic heterocycles. The molecule has 0 aliphatic heterocycles. The van der Waals surface area contributed by atoms with Crippen molar-refractivity contribution in [2.24, 2.45) is 5.73 Å². The molecule has 0 aliphatic rings. The SMILES string of the molecule is NC(CCOCC(F)F)c1ccc(F)c(F)c1. The molecular formula is C11H13F4NO. The van der Waals surface area contributed by atoms with E-state index in [0.29, 0.717) is 5.56 Å². The number of halogens is 4. The first-order chi connectivity index (χ1) is 8.00. The summed E-state index contributed by atoms with van der Waals surface area (Å²) in [6.45, 7) is -0.602. The second kappa shape index (κ2) is 6.56. The lowest BCUT2D eigenvalue weighted by molar-refractivity contribution is 0.0152. The van der Waals surface area contributed by atoms with Gasteiger partial charge in [-0.05, 0) is 24.1 Å². The van der Waals surface area contributed by atoms with E-state index < -0.39 is 30.7 Å². The molecule has 0 spiro atoms. The van der Waals surface area contributed by atoms with Gasteiger partial charge in [0.1, 0.15) is 6.61 Å². The van der Waals surface area contributed by atoms with Gasteiger partial charge in [-0.1, -0.05) is 6.07 Å². The normalized spacial score (nSPS) is 13.1. The van der Waals surface area contributed by atoms with Crippen molar-refractivity contribution in [3.8, 4) is 0 Å². The van der Waals surface area contributed by atoms with E-state index in [0.717, 1.165) is 12.1 Å². The topological polar surface area (TPSA) is 35.2 Å². The van der Waals surface area contributed by atoms with Gasteiger partial charge in [0.2, 0.25) is 0 Å². The van der Waals surface area contributed by atoms with Crippen LogP contribution in [0.5, 0.6) is 0 Å². The van der Waals surface area contributed by atoms with Gasteiger partial charge >= 0.3 is 0 Å². The quantitative estimate of drug-likeness (QED) is 0.623. The van der Waals surface area contributed by atoms with Crippen molar-refractivity contribution in [3.05, 3.63) is 35.4 Å². The number of nitrogens with two attached hydrogens (primary N) is 1. The van der Waals surface area contributed by atoms with Gasteiger partial charge in [0.15, 0.2) is 11.6 Å². The molecule has 2 nitrogen and oxygen atoms in total. The Kier molecular flexibility index (Phi) is 5.37. The maximum absolute atomic E-state index is 12.9. The first-order valence-corrected chi connectivity index (χ1v) is 5.07. The summed E-state index contributed by atoms with van der Waals surface area (Å²) in [5, 5.41) is 0. The number of rotatable bonds is 6. The molecule has 1 atom stereocenters. The van der Waals surface area contributed by atoms with Gasteiger partial charge in [0.25, 0.3) is 6.43 Å². The van der Waals surface area contributed by atoms with Crippen LogP contribution < -0.4 is 5.73 Å². The second-order valence-electron chi connectivity index (χ2n) is 3.53. The van der Waals surface area contributed by atoms with Crippen molar-refractivity contribution in [1.82, 2.24) is 0 Å². The van der Waals surface area contributed by atoms with Crippen molar-refractivity contribution >= 4 is 0 Å². The van der Waals surface area contributed by atoms with Crippen LogP contribution in [0.4, 0.5) is 17.6 Å². The molecular weight excluding hydrogens is 238 g/mol. The highest BCUT2D eigenvalue weighted by Crippen LogP contribution is 2.17. The van der Waals surface area contributed by atoms with Gasteiger partial charge in [-0.2, -0.15) is 0 Å². The van der Waals surface area contributed by atoms with Gasteiger partial charge in [-0.25, -0.2) is 17.6 Å². The summed E-state index contributed by atoms with van der Waals surface area (Å²) in [5.41, 5.74) is 6.08. The zero-order chi connectivity index (χ0) is 12.8. The van der Waals surface area contributed by atoms with E-state index >= 15 is 0 Å². The Morgan fingerprint density at radius 2 is 1.88 bits per heavy atom. The summed E-state index contributed by atoms with van der Waals surface area (Å²) in [5.74, 6) is -1.93. The summed E-state index contributed by atoms with van der Waals surface area (Å²) in [4.78, 5) is 0. The van der Waals surface area contributed by atoms with E-state index in [1.807, 2.05) is 0 Å². The zero-order valence-electron chi connectivity index (χ0n) is 9.01. The monoisotopic (exact) mass is 251 g/mol. The molecule has 0 radical (unpaired) electrons. The van der Waals surface area contributed by atoms with E-state index in [1.165, 1.54) is 6.07 Å². The van der Waals surface area contributed by atoms with Gasteiger partial charge in [-0.3, -0.25) is 0 Å². The van der Waals surface area contributed by atoms with Gasteiger partial charge in [0.05, 0.1) is 0 Å². The Morgan fingerprint density at radius 1 is 1.18 bits per heavy atom.